The maximum Gasteiger partial charge on any atom is 0.279 e. The number of quaternary nitrogens is 2. The van der Waals surface area contributed by atoms with Crippen molar-refractivity contribution < 1.29 is 13.8 Å². The molecule has 1 amide bonds. The first-order chi connectivity index (χ1) is 11.5. The summed E-state index contributed by atoms with van der Waals surface area (Å²) >= 11 is 0. The molecule has 0 spiro atoms. The number of pyridine rings is 1. The summed E-state index contributed by atoms with van der Waals surface area (Å²) in [6.45, 7) is 12.0. The first kappa shape index (κ1) is 16.9. The Bertz CT molecular complexity index is 573. The van der Waals surface area contributed by atoms with Gasteiger partial charge in [-0.05, 0) is 18.3 Å². The van der Waals surface area contributed by atoms with Crippen LogP contribution in [0.2, 0.25) is 0 Å². The summed E-state index contributed by atoms with van der Waals surface area (Å²) in [5.41, 5.74) is 1.79. The zero-order valence-electron chi connectivity index (χ0n) is 14.6. The molecule has 6 heteroatoms. The molecule has 0 saturated carbocycles. The molecule has 130 valence electrons. The van der Waals surface area contributed by atoms with Gasteiger partial charge in [0, 0.05) is 18.7 Å². The number of anilines is 1. The number of aromatic nitrogens is 1. The van der Waals surface area contributed by atoms with Gasteiger partial charge in [0.15, 0.2) is 6.54 Å². The monoisotopic (exact) mass is 331 g/mol. The first-order valence-electron chi connectivity index (χ1n) is 8.80. The number of nitrogens with zero attached hydrogens (tertiary/aromatic N) is 3. The lowest BCUT2D eigenvalue weighted by atomic mass is 10.1. The maximum absolute atomic E-state index is 12.5. The van der Waals surface area contributed by atoms with Gasteiger partial charge in [-0.25, -0.2) is 0 Å². The average molecular weight is 331 g/mol. The Morgan fingerprint density at radius 1 is 1.25 bits per heavy atom. The second kappa shape index (κ2) is 6.91. The molecular formula is C18H29N5O+2. The van der Waals surface area contributed by atoms with Gasteiger partial charge in [0.2, 0.25) is 0 Å². The Morgan fingerprint density at radius 2 is 1.96 bits per heavy atom. The van der Waals surface area contributed by atoms with Gasteiger partial charge >= 0.3 is 0 Å². The zero-order valence-corrected chi connectivity index (χ0v) is 14.6. The number of hydrogen-bond acceptors (Lipinski definition) is 3. The quantitative estimate of drug-likeness (QED) is 0.568. The van der Waals surface area contributed by atoms with Crippen molar-refractivity contribution >= 4 is 11.6 Å². The minimum absolute atomic E-state index is 0.107. The summed E-state index contributed by atoms with van der Waals surface area (Å²) in [6, 6.07) is 3.91. The number of nitrogens with one attached hydrogen (secondary N) is 2. The Labute approximate surface area is 144 Å². The second-order valence-electron chi connectivity index (χ2n) is 7.46. The Morgan fingerprint density at radius 3 is 2.54 bits per heavy atom. The topological polar surface area (TPSA) is 54.0 Å². The SMILES string of the molecule is C=CNCCc1ccc(NC(=O)C[N+]23CC[N+](C)(CC2)CC3)cn1. The molecule has 4 heterocycles. The number of likely N-dealkylation sites (N-methyl/N-ethyl adjacent to an activating group) is 1. The summed E-state index contributed by atoms with van der Waals surface area (Å²) in [5, 5.41) is 6.07. The largest absolute Gasteiger partial charge is 0.391 e. The number of fused-ring (bicyclic) bond motifs is 3. The van der Waals surface area contributed by atoms with Crippen LogP contribution in [0.5, 0.6) is 0 Å². The van der Waals surface area contributed by atoms with Crippen LogP contribution in [0.3, 0.4) is 0 Å². The van der Waals surface area contributed by atoms with Gasteiger partial charge in [-0.3, -0.25) is 9.78 Å². The van der Waals surface area contributed by atoms with E-state index >= 15 is 0 Å². The first-order valence-corrected chi connectivity index (χ1v) is 8.80. The van der Waals surface area contributed by atoms with Gasteiger partial charge in [-0.15, -0.1) is 0 Å². The fourth-order valence-electron chi connectivity index (χ4n) is 3.72. The fraction of sp³-hybridized carbons (Fsp3) is 0.556. The lowest BCUT2D eigenvalue weighted by Crippen LogP contribution is -2.74. The fourth-order valence-corrected chi connectivity index (χ4v) is 3.72. The molecule has 4 rings (SSSR count). The molecule has 24 heavy (non-hydrogen) atoms. The van der Waals surface area contributed by atoms with Crippen LogP contribution in [0.15, 0.2) is 31.1 Å². The number of carbonyl (C=O) groups is 1. The Hall–Kier alpha value is -1.92. The molecule has 0 radical (unpaired) electrons. The van der Waals surface area contributed by atoms with Gasteiger partial charge in [0.1, 0.15) is 39.3 Å². The van der Waals surface area contributed by atoms with E-state index in [-0.39, 0.29) is 5.91 Å². The number of hydrogen-bond donors (Lipinski definition) is 2. The molecule has 1 aromatic rings. The van der Waals surface area contributed by atoms with Crippen LogP contribution in [-0.4, -0.2) is 79.3 Å². The normalized spacial score (nSPS) is 28.4. The summed E-state index contributed by atoms with van der Waals surface area (Å²) in [7, 11) is 2.34. The number of rotatable bonds is 7. The summed E-state index contributed by atoms with van der Waals surface area (Å²) in [6.07, 6.45) is 4.28. The molecular weight excluding hydrogens is 302 g/mol. The van der Waals surface area contributed by atoms with Crippen LogP contribution in [-0.2, 0) is 11.2 Å². The van der Waals surface area contributed by atoms with E-state index in [1.54, 1.807) is 12.4 Å². The van der Waals surface area contributed by atoms with Crippen molar-refractivity contribution in [1.82, 2.24) is 10.3 Å². The number of amides is 1. The lowest BCUT2D eigenvalue weighted by molar-refractivity contribution is -1.07. The molecule has 3 fully saturated rings. The van der Waals surface area contributed by atoms with E-state index in [0.717, 1.165) is 48.5 Å². The third-order valence-corrected chi connectivity index (χ3v) is 5.60. The molecule has 1 aromatic heterocycles. The minimum atomic E-state index is 0.107. The predicted octanol–water partition coefficient (Wildman–Crippen LogP) is 0.586. The van der Waals surface area contributed by atoms with Crippen molar-refractivity contribution in [1.29, 1.82) is 0 Å². The maximum atomic E-state index is 12.5. The molecule has 3 saturated heterocycles. The van der Waals surface area contributed by atoms with Gasteiger partial charge in [0.25, 0.3) is 5.91 Å². The Kier molecular flexibility index (Phi) is 4.87. The standard InChI is InChI=1S/C18H28N5O/c1-3-19-7-6-16-4-5-17(14-20-16)21-18(24)15-23-11-8-22(2,9-12-23)10-13-23/h3-5,14,19H,1,6-13,15H2,2H3/q+1/p+1. The highest BCUT2D eigenvalue weighted by atomic mass is 16.2. The van der Waals surface area contributed by atoms with Gasteiger partial charge in [0.05, 0.1) is 18.9 Å². The zero-order chi connectivity index (χ0) is 17.0. The third-order valence-electron chi connectivity index (χ3n) is 5.60. The highest BCUT2D eigenvalue weighted by Crippen LogP contribution is 2.24. The molecule has 3 aliphatic heterocycles. The van der Waals surface area contributed by atoms with Crippen LogP contribution >= 0.6 is 0 Å². The van der Waals surface area contributed by atoms with Crippen LogP contribution < -0.4 is 10.6 Å². The van der Waals surface area contributed by atoms with E-state index in [1.807, 2.05) is 12.1 Å². The van der Waals surface area contributed by atoms with E-state index in [0.29, 0.717) is 6.54 Å². The number of piperazine rings is 3. The van der Waals surface area contributed by atoms with Crippen LogP contribution in [0.25, 0.3) is 0 Å². The molecule has 3 aliphatic rings. The van der Waals surface area contributed by atoms with Crippen molar-refractivity contribution in [2.75, 3.05) is 64.7 Å². The van der Waals surface area contributed by atoms with Crippen molar-refractivity contribution in [3.8, 4) is 0 Å². The summed E-state index contributed by atoms with van der Waals surface area (Å²) in [5.74, 6) is 0.107. The van der Waals surface area contributed by atoms with Gasteiger partial charge in [-0.2, -0.15) is 0 Å². The second-order valence-corrected chi connectivity index (χ2v) is 7.46. The van der Waals surface area contributed by atoms with Gasteiger partial charge in [-0.1, -0.05) is 6.58 Å². The molecule has 0 aromatic carbocycles. The molecule has 6 nitrogen and oxygen atoms in total. The van der Waals surface area contributed by atoms with E-state index in [9.17, 15) is 4.79 Å². The van der Waals surface area contributed by atoms with E-state index < -0.39 is 0 Å². The summed E-state index contributed by atoms with van der Waals surface area (Å²) < 4.78 is 2.14. The molecule has 2 N–H and O–H groups in total. The van der Waals surface area contributed by atoms with E-state index in [1.165, 1.54) is 24.1 Å². The Balaban J connectivity index is 1.51. The minimum Gasteiger partial charge on any atom is -0.391 e. The van der Waals surface area contributed by atoms with Crippen molar-refractivity contribution in [2.45, 2.75) is 6.42 Å². The van der Waals surface area contributed by atoms with E-state index in [2.05, 4.69) is 29.2 Å². The average Bonchev–Trinajstić information content (AvgIpc) is 2.58. The third kappa shape index (κ3) is 3.94. The van der Waals surface area contributed by atoms with E-state index in [4.69, 9.17) is 0 Å². The van der Waals surface area contributed by atoms with Crippen molar-refractivity contribution in [2.24, 2.45) is 0 Å². The predicted molar refractivity (Wildman–Crippen MR) is 95.3 cm³/mol. The van der Waals surface area contributed by atoms with Crippen LogP contribution in [0.4, 0.5) is 5.69 Å². The smallest absolute Gasteiger partial charge is 0.279 e. The molecule has 0 aliphatic carbocycles. The van der Waals surface area contributed by atoms with Gasteiger partial charge < -0.3 is 19.6 Å². The molecule has 0 atom stereocenters. The van der Waals surface area contributed by atoms with Crippen LogP contribution in [0, 0.1) is 0 Å². The molecule has 0 unspecified atom stereocenters. The molecule has 2 bridgehead atoms. The summed E-state index contributed by atoms with van der Waals surface area (Å²) in [4.78, 5) is 16.9. The van der Waals surface area contributed by atoms with Crippen LogP contribution in [0.1, 0.15) is 5.69 Å². The lowest BCUT2D eigenvalue weighted by Gasteiger charge is -2.53. The van der Waals surface area contributed by atoms with Crippen molar-refractivity contribution in [3.05, 3.63) is 36.8 Å². The number of carbonyl (C=O) groups excluding carboxylic acids is 1. The highest BCUT2D eigenvalue weighted by molar-refractivity contribution is 5.91. The highest BCUT2D eigenvalue weighted by Gasteiger charge is 2.47. The van der Waals surface area contributed by atoms with Crippen molar-refractivity contribution in [3.63, 3.8) is 0 Å².